The highest BCUT2D eigenvalue weighted by atomic mass is 19.1. The number of piperidine rings is 1. The minimum absolute atomic E-state index is 0.0714. The average molecular weight is 454 g/mol. The number of anilines is 2. The smallest absolute Gasteiger partial charge is 0.319 e. The van der Waals surface area contributed by atoms with Gasteiger partial charge in [-0.1, -0.05) is 6.07 Å². The molecule has 174 valence electrons. The number of nitrogens with zero attached hydrogens (tertiary/aromatic N) is 1. The van der Waals surface area contributed by atoms with E-state index in [9.17, 15) is 18.8 Å². The van der Waals surface area contributed by atoms with Gasteiger partial charge in [-0.15, -0.1) is 0 Å². The summed E-state index contributed by atoms with van der Waals surface area (Å²) in [6, 6.07) is 12.2. The van der Waals surface area contributed by atoms with E-state index in [2.05, 4.69) is 21.3 Å². The molecule has 1 saturated carbocycles. The molecule has 4 N–H and O–H groups in total. The number of hydrogen-bond acceptors (Lipinski definition) is 3. The van der Waals surface area contributed by atoms with Gasteiger partial charge >= 0.3 is 12.1 Å². The normalized spacial score (nSPS) is 17.7. The Balaban J connectivity index is 1.24. The van der Waals surface area contributed by atoms with Crippen molar-refractivity contribution in [2.24, 2.45) is 5.92 Å². The molecule has 0 aromatic heterocycles. The molecule has 0 spiro atoms. The molecular weight excluding hydrogens is 425 g/mol. The van der Waals surface area contributed by atoms with E-state index in [0.717, 1.165) is 25.7 Å². The Morgan fingerprint density at radius 2 is 1.70 bits per heavy atom. The van der Waals surface area contributed by atoms with Gasteiger partial charge in [0.25, 0.3) is 5.91 Å². The van der Waals surface area contributed by atoms with Crippen LogP contribution in [0.1, 0.15) is 36.0 Å². The van der Waals surface area contributed by atoms with Crippen molar-refractivity contribution in [1.82, 2.24) is 15.5 Å². The first-order valence-corrected chi connectivity index (χ1v) is 11.2. The summed E-state index contributed by atoms with van der Waals surface area (Å²) in [5.74, 6) is -0.356. The first-order chi connectivity index (χ1) is 16.0. The topological polar surface area (TPSA) is 103 Å². The van der Waals surface area contributed by atoms with E-state index in [-0.39, 0.29) is 23.9 Å². The number of nitrogens with one attached hydrogen (secondary N) is 4. The monoisotopic (exact) mass is 453 g/mol. The van der Waals surface area contributed by atoms with E-state index in [4.69, 9.17) is 0 Å². The van der Waals surface area contributed by atoms with Gasteiger partial charge in [0, 0.05) is 42.6 Å². The Hall–Kier alpha value is -3.62. The SMILES string of the molecule is O=C(NCC1CCCN(C(=O)c2ccc(NC(=O)NC3CC3)cc2)C1)Nc1cccc(F)c1. The molecule has 0 bridgehead atoms. The maximum Gasteiger partial charge on any atom is 0.319 e. The van der Waals surface area contributed by atoms with Crippen molar-refractivity contribution < 1.29 is 18.8 Å². The fraction of sp³-hybridized carbons (Fsp3) is 0.375. The molecule has 1 aliphatic carbocycles. The summed E-state index contributed by atoms with van der Waals surface area (Å²) in [6.07, 6.45) is 3.79. The highest BCUT2D eigenvalue weighted by Crippen LogP contribution is 2.21. The zero-order valence-corrected chi connectivity index (χ0v) is 18.3. The summed E-state index contributed by atoms with van der Waals surface area (Å²) in [6.45, 7) is 1.63. The summed E-state index contributed by atoms with van der Waals surface area (Å²) < 4.78 is 13.2. The predicted molar refractivity (Wildman–Crippen MR) is 124 cm³/mol. The van der Waals surface area contributed by atoms with E-state index in [1.807, 2.05) is 0 Å². The Morgan fingerprint density at radius 3 is 2.42 bits per heavy atom. The lowest BCUT2D eigenvalue weighted by Crippen LogP contribution is -2.44. The third-order valence-electron chi connectivity index (χ3n) is 5.74. The minimum atomic E-state index is -0.417. The van der Waals surface area contributed by atoms with Gasteiger partial charge in [0.05, 0.1) is 0 Å². The van der Waals surface area contributed by atoms with Crippen LogP contribution >= 0.6 is 0 Å². The second-order valence-corrected chi connectivity index (χ2v) is 8.55. The fourth-order valence-corrected chi connectivity index (χ4v) is 3.85. The molecule has 2 fully saturated rings. The van der Waals surface area contributed by atoms with E-state index in [0.29, 0.717) is 36.6 Å². The maximum atomic E-state index is 13.2. The zero-order chi connectivity index (χ0) is 23.2. The van der Waals surface area contributed by atoms with Crippen molar-refractivity contribution in [3.63, 3.8) is 0 Å². The van der Waals surface area contributed by atoms with Gasteiger partial charge in [0.15, 0.2) is 0 Å². The van der Waals surface area contributed by atoms with Gasteiger partial charge in [-0.05, 0) is 74.1 Å². The summed E-state index contributed by atoms with van der Waals surface area (Å²) >= 11 is 0. The van der Waals surface area contributed by atoms with Crippen LogP contribution in [0.4, 0.5) is 25.4 Å². The van der Waals surface area contributed by atoms with Crippen LogP contribution in [-0.2, 0) is 0 Å². The minimum Gasteiger partial charge on any atom is -0.338 e. The number of benzene rings is 2. The number of hydrogen-bond donors (Lipinski definition) is 4. The van der Waals surface area contributed by atoms with E-state index < -0.39 is 11.8 Å². The van der Waals surface area contributed by atoms with Gasteiger partial charge in [-0.25, -0.2) is 14.0 Å². The number of urea groups is 2. The van der Waals surface area contributed by atoms with E-state index in [1.54, 1.807) is 35.2 Å². The Labute approximate surface area is 191 Å². The van der Waals surface area contributed by atoms with Crippen LogP contribution in [-0.4, -0.2) is 48.5 Å². The summed E-state index contributed by atoms with van der Waals surface area (Å²) in [7, 11) is 0. The van der Waals surface area contributed by atoms with Crippen LogP contribution in [0.2, 0.25) is 0 Å². The van der Waals surface area contributed by atoms with Crippen molar-refractivity contribution >= 4 is 29.3 Å². The van der Waals surface area contributed by atoms with Gasteiger partial charge in [-0.2, -0.15) is 0 Å². The van der Waals surface area contributed by atoms with E-state index >= 15 is 0 Å². The Morgan fingerprint density at radius 1 is 0.939 bits per heavy atom. The number of carbonyl (C=O) groups is 3. The van der Waals surface area contributed by atoms with Crippen LogP contribution < -0.4 is 21.3 Å². The van der Waals surface area contributed by atoms with Gasteiger partial charge < -0.3 is 26.2 Å². The van der Waals surface area contributed by atoms with Crippen molar-refractivity contribution in [3.8, 4) is 0 Å². The maximum absolute atomic E-state index is 13.2. The fourth-order valence-electron chi connectivity index (χ4n) is 3.85. The molecule has 4 rings (SSSR count). The van der Waals surface area contributed by atoms with Gasteiger partial charge in [0.2, 0.25) is 0 Å². The largest absolute Gasteiger partial charge is 0.338 e. The lowest BCUT2D eigenvalue weighted by atomic mass is 9.97. The molecule has 2 aromatic carbocycles. The number of rotatable bonds is 6. The predicted octanol–water partition coefficient (Wildman–Crippen LogP) is 3.78. The average Bonchev–Trinajstić information content (AvgIpc) is 3.62. The van der Waals surface area contributed by atoms with Crippen LogP contribution in [0, 0.1) is 11.7 Å². The number of amides is 5. The number of halogens is 1. The summed E-state index contributed by atoms with van der Waals surface area (Å²) in [5, 5.41) is 11.0. The molecule has 33 heavy (non-hydrogen) atoms. The standard InChI is InChI=1S/C24H28FN5O3/c25-18-4-1-5-21(13-18)29-23(32)26-14-16-3-2-12-30(15-16)22(31)17-6-8-19(9-7-17)27-24(33)28-20-10-11-20/h1,4-9,13,16,20H,2-3,10-12,14-15H2,(H2,26,29,32)(H2,27,28,33). The second kappa shape index (κ2) is 10.3. The van der Waals surface area contributed by atoms with Gasteiger partial charge in [-0.3, -0.25) is 4.79 Å². The Kier molecular flexibility index (Phi) is 7.07. The van der Waals surface area contributed by atoms with Crippen LogP contribution in [0.25, 0.3) is 0 Å². The third kappa shape index (κ3) is 6.68. The first-order valence-electron chi connectivity index (χ1n) is 11.2. The second-order valence-electron chi connectivity index (χ2n) is 8.55. The molecule has 1 saturated heterocycles. The molecule has 8 nitrogen and oxygen atoms in total. The molecule has 0 radical (unpaired) electrons. The molecule has 2 aliphatic rings. The van der Waals surface area contributed by atoms with E-state index in [1.165, 1.54) is 18.2 Å². The molecule has 1 heterocycles. The lowest BCUT2D eigenvalue weighted by Gasteiger charge is -2.33. The Bertz CT molecular complexity index is 1010. The van der Waals surface area contributed by atoms with Crippen molar-refractivity contribution in [3.05, 3.63) is 59.9 Å². The van der Waals surface area contributed by atoms with Crippen molar-refractivity contribution in [2.45, 2.75) is 31.7 Å². The van der Waals surface area contributed by atoms with Crippen molar-refractivity contribution in [1.29, 1.82) is 0 Å². The number of carbonyl (C=O) groups excluding carboxylic acids is 3. The number of likely N-dealkylation sites (tertiary alicyclic amines) is 1. The summed E-state index contributed by atoms with van der Waals surface area (Å²) in [5.41, 5.74) is 1.58. The molecule has 5 amide bonds. The quantitative estimate of drug-likeness (QED) is 0.535. The molecule has 1 aliphatic heterocycles. The van der Waals surface area contributed by atoms with Crippen LogP contribution in [0.3, 0.4) is 0 Å². The first kappa shape index (κ1) is 22.6. The third-order valence-corrected chi connectivity index (χ3v) is 5.74. The molecule has 1 atom stereocenters. The molecule has 2 aromatic rings. The summed E-state index contributed by atoms with van der Waals surface area (Å²) in [4.78, 5) is 38.7. The highest BCUT2D eigenvalue weighted by Gasteiger charge is 2.25. The highest BCUT2D eigenvalue weighted by molar-refractivity contribution is 5.95. The molecular formula is C24H28FN5O3. The van der Waals surface area contributed by atoms with Crippen LogP contribution in [0.5, 0.6) is 0 Å². The lowest BCUT2D eigenvalue weighted by molar-refractivity contribution is 0.0675. The zero-order valence-electron chi connectivity index (χ0n) is 18.3. The van der Waals surface area contributed by atoms with Crippen molar-refractivity contribution in [2.75, 3.05) is 30.3 Å². The molecule has 1 unspecified atom stereocenters. The molecule has 9 heteroatoms. The van der Waals surface area contributed by atoms with Gasteiger partial charge in [0.1, 0.15) is 5.82 Å². The van der Waals surface area contributed by atoms with Crippen LogP contribution in [0.15, 0.2) is 48.5 Å².